The van der Waals surface area contributed by atoms with Crippen LogP contribution in [0.25, 0.3) is 17.2 Å². The lowest BCUT2D eigenvalue weighted by Crippen LogP contribution is -2.33. The first-order chi connectivity index (χ1) is 15.7. The van der Waals surface area contributed by atoms with Crippen LogP contribution in [0, 0.1) is 5.41 Å². The Morgan fingerprint density at radius 3 is 2.64 bits per heavy atom. The van der Waals surface area contributed by atoms with E-state index in [4.69, 9.17) is 5.73 Å². The fourth-order valence-electron chi connectivity index (χ4n) is 3.31. The molecule has 1 saturated heterocycles. The molecule has 10 heteroatoms. The number of aromatic nitrogens is 3. The average Bonchev–Trinajstić information content (AvgIpc) is 3.30. The molecule has 9 nitrogen and oxygen atoms in total. The second-order valence-electron chi connectivity index (χ2n) is 8.60. The third-order valence-electron chi connectivity index (χ3n) is 5.01. The van der Waals surface area contributed by atoms with Crippen LogP contribution in [-0.4, -0.2) is 49.9 Å². The summed E-state index contributed by atoms with van der Waals surface area (Å²) in [5.74, 6) is 0.162. The van der Waals surface area contributed by atoms with Gasteiger partial charge in [0.05, 0.1) is 16.7 Å². The lowest BCUT2D eigenvalue weighted by atomic mass is 9.87. The second kappa shape index (κ2) is 8.80. The molecule has 1 aromatic carbocycles. The van der Waals surface area contributed by atoms with Crippen molar-refractivity contribution in [2.75, 3.05) is 18.4 Å². The molecule has 3 heterocycles. The second-order valence-corrected chi connectivity index (χ2v) is 9.60. The van der Waals surface area contributed by atoms with Gasteiger partial charge < -0.3 is 16.0 Å². The zero-order valence-electron chi connectivity index (χ0n) is 18.5. The molecule has 4 N–H and O–H groups in total. The Kier molecular flexibility index (Phi) is 6.05. The van der Waals surface area contributed by atoms with Gasteiger partial charge in [-0.25, -0.2) is 9.97 Å². The van der Waals surface area contributed by atoms with E-state index in [2.05, 4.69) is 20.3 Å². The number of carbonyl (C=O) groups excluding carboxylic acids is 3. The largest absolute Gasteiger partial charge is 0.344 e. The summed E-state index contributed by atoms with van der Waals surface area (Å²) in [7, 11) is 0. The topological polar surface area (TPSA) is 134 Å². The van der Waals surface area contributed by atoms with Crippen LogP contribution < -0.4 is 11.1 Å². The Hall–Kier alpha value is -3.50. The van der Waals surface area contributed by atoms with Gasteiger partial charge in [-0.1, -0.05) is 32.9 Å². The smallest absolute Gasteiger partial charge is 0.293 e. The minimum absolute atomic E-state index is 0.0135. The molecular formula is C23H24N6O3S. The van der Waals surface area contributed by atoms with Crippen LogP contribution in [-0.2, 0) is 4.79 Å². The number of imide groups is 1. The summed E-state index contributed by atoms with van der Waals surface area (Å²) in [6.07, 6.45) is 4.92. The Bertz CT molecular complexity index is 1270. The minimum atomic E-state index is -0.532. The van der Waals surface area contributed by atoms with E-state index in [9.17, 15) is 14.4 Å². The highest BCUT2D eigenvalue weighted by molar-refractivity contribution is 8.18. The minimum Gasteiger partial charge on any atom is -0.344 e. The SMILES string of the molecule is CC(C)(C)C(=O)c1c[nH]c2ncc(Nc3ccc(/C=C4/SC(=O)N(CCN)C4=O)cc3)nc12. The molecule has 1 aliphatic heterocycles. The maximum absolute atomic E-state index is 12.7. The third-order valence-corrected chi connectivity index (χ3v) is 5.92. The van der Waals surface area contributed by atoms with E-state index in [1.165, 1.54) is 0 Å². The molecule has 0 unspecified atom stereocenters. The summed E-state index contributed by atoms with van der Waals surface area (Å²) in [6, 6.07) is 7.33. The molecule has 4 rings (SSSR count). The van der Waals surface area contributed by atoms with Gasteiger partial charge in [-0.3, -0.25) is 19.3 Å². The number of fused-ring (bicyclic) bond motifs is 1. The molecule has 0 spiro atoms. The third kappa shape index (κ3) is 4.67. The van der Waals surface area contributed by atoms with E-state index in [-0.39, 0.29) is 30.0 Å². The van der Waals surface area contributed by atoms with Gasteiger partial charge in [0.1, 0.15) is 11.3 Å². The van der Waals surface area contributed by atoms with Crippen molar-refractivity contribution in [3.05, 3.63) is 52.7 Å². The predicted octanol–water partition coefficient (Wildman–Crippen LogP) is 3.93. The number of hydrogen-bond donors (Lipinski definition) is 3. The number of nitrogens with zero attached hydrogens (tertiary/aromatic N) is 3. The van der Waals surface area contributed by atoms with Gasteiger partial charge in [0, 0.05) is 30.4 Å². The van der Waals surface area contributed by atoms with Crippen LogP contribution in [0.5, 0.6) is 0 Å². The summed E-state index contributed by atoms with van der Waals surface area (Å²) in [4.78, 5) is 50.5. The number of amides is 2. The number of hydrogen-bond acceptors (Lipinski definition) is 8. The van der Waals surface area contributed by atoms with Gasteiger partial charge in [0.25, 0.3) is 11.1 Å². The molecule has 0 radical (unpaired) electrons. The number of Topliss-reactive ketones (excluding diaryl/α,β-unsaturated/α-hetero) is 1. The summed E-state index contributed by atoms with van der Waals surface area (Å²) < 4.78 is 0. The number of H-pyrrole nitrogens is 1. The van der Waals surface area contributed by atoms with Gasteiger partial charge >= 0.3 is 0 Å². The predicted molar refractivity (Wildman–Crippen MR) is 129 cm³/mol. The van der Waals surface area contributed by atoms with E-state index < -0.39 is 5.41 Å². The van der Waals surface area contributed by atoms with Crippen LogP contribution in [0.15, 0.2) is 41.6 Å². The van der Waals surface area contributed by atoms with Crippen molar-refractivity contribution in [3.8, 4) is 0 Å². The first-order valence-electron chi connectivity index (χ1n) is 10.4. The average molecular weight is 465 g/mol. The molecule has 1 aliphatic rings. The van der Waals surface area contributed by atoms with E-state index >= 15 is 0 Å². The fourth-order valence-corrected chi connectivity index (χ4v) is 4.18. The maximum atomic E-state index is 12.7. The molecule has 33 heavy (non-hydrogen) atoms. The molecule has 3 aromatic rings. The van der Waals surface area contributed by atoms with Crippen molar-refractivity contribution >= 4 is 57.4 Å². The highest BCUT2D eigenvalue weighted by Gasteiger charge is 2.34. The lowest BCUT2D eigenvalue weighted by molar-refractivity contribution is -0.122. The van der Waals surface area contributed by atoms with Gasteiger partial charge in [0.15, 0.2) is 11.4 Å². The Balaban J connectivity index is 1.52. The van der Waals surface area contributed by atoms with Gasteiger partial charge in [-0.2, -0.15) is 0 Å². The van der Waals surface area contributed by atoms with Gasteiger partial charge in [-0.05, 0) is 35.5 Å². The quantitative estimate of drug-likeness (QED) is 0.369. The normalized spacial score (nSPS) is 15.6. The van der Waals surface area contributed by atoms with Gasteiger partial charge in [-0.15, -0.1) is 0 Å². The number of aromatic amines is 1. The van der Waals surface area contributed by atoms with Crippen molar-refractivity contribution in [1.82, 2.24) is 19.9 Å². The number of rotatable bonds is 6. The maximum Gasteiger partial charge on any atom is 0.293 e. The number of ketones is 1. The zero-order valence-corrected chi connectivity index (χ0v) is 19.3. The molecule has 0 aliphatic carbocycles. The number of anilines is 2. The zero-order chi connectivity index (χ0) is 23.8. The highest BCUT2D eigenvalue weighted by atomic mass is 32.2. The van der Waals surface area contributed by atoms with Crippen molar-refractivity contribution in [2.45, 2.75) is 20.8 Å². The summed E-state index contributed by atoms with van der Waals surface area (Å²) in [5.41, 5.74) is 8.05. The van der Waals surface area contributed by atoms with Crippen molar-refractivity contribution in [2.24, 2.45) is 11.1 Å². The van der Waals surface area contributed by atoms with Crippen molar-refractivity contribution in [3.63, 3.8) is 0 Å². The molecule has 0 saturated carbocycles. The standard InChI is InChI=1S/C23H24N6O3S/c1-23(2,3)19(30)15-11-25-20-18(15)28-17(12-26-20)27-14-6-4-13(5-7-14)10-16-21(31)29(9-8-24)22(32)33-16/h4-7,10-12H,8-9,24H2,1-3H3,(H,25,26)(H,27,28)/b16-10+. The molecule has 0 atom stereocenters. The number of nitrogens with one attached hydrogen (secondary N) is 2. The van der Waals surface area contributed by atoms with E-state index in [0.29, 0.717) is 27.5 Å². The Morgan fingerprint density at radius 2 is 1.97 bits per heavy atom. The van der Waals surface area contributed by atoms with Crippen molar-refractivity contribution < 1.29 is 14.4 Å². The molecule has 0 bridgehead atoms. The Labute approximate surface area is 194 Å². The number of carbonyl (C=O) groups is 3. The Morgan fingerprint density at radius 1 is 1.24 bits per heavy atom. The number of nitrogens with two attached hydrogens (primary N) is 1. The number of benzene rings is 1. The molecule has 2 amide bonds. The molecule has 2 aromatic heterocycles. The first kappa shape index (κ1) is 22.7. The van der Waals surface area contributed by atoms with Crippen LogP contribution >= 0.6 is 11.8 Å². The monoisotopic (exact) mass is 464 g/mol. The van der Waals surface area contributed by atoms with Crippen LogP contribution in [0.1, 0.15) is 36.7 Å². The highest BCUT2D eigenvalue weighted by Crippen LogP contribution is 2.32. The van der Waals surface area contributed by atoms with E-state index in [0.717, 1.165) is 27.9 Å². The number of thioether (sulfide) groups is 1. The van der Waals surface area contributed by atoms with E-state index in [1.807, 2.05) is 45.0 Å². The lowest BCUT2D eigenvalue weighted by Gasteiger charge is -2.15. The van der Waals surface area contributed by atoms with E-state index in [1.54, 1.807) is 18.5 Å². The molecule has 170 valence electrons. The van der Waals surface area contributed by atoms with Crippen LogP contribution in [0.4, 0.5) is 16.3 Å². The summed E-state index contributed by atoms with van der Waals surface area (Å²) >= 11 is 0.909. The first-order valence-corrected chi connectivity index (χ1v) is 11.2. The summed E-state index contributed by atoms with van der Waals surface area (Å²) in [6.45, 7) is 6.03. The fraction of sp³-hybridized carbons (Fsp3) is 0.261. The molecule has 1 fully saturated rings. The van der Waals surface area contributed by atoms with Crippen LogP contribution in [0.3, 0.4) is 0 Å². The van der Waals surface area contributed by atoms with Crippen LogP contribution in [0.2, 0.25) is 0 Å². The molecular weight excluding hydrogens is 440 g/mol. The summed E-state index contributed by atoms with van der Waals surface area (Å²) in [5, 5.41) is 2.88. The van der Waals surface area contributed by atoms with Crippen molar-refractivity contribution in [1.29, 1.82) is 0 Å². The van der Waals surface area contributed by atoms with Gasteiger partial charge in [0.2, 0.25) is 0 Å².